The van der Waals surface area contributed by atoms with E-state index in [0.29, 0.717) is 6.04 Å². The van der Waals surface area contributed by atoms with Crippen LogP contribution in [-0.2, 0) is 0 Å². The van der Waals surface area contributed by atoms with Gasteiger partial charge in [0, 0.05) is 31.4 Å². The third-order valence-electron chi connectivity index (χ3n) is 2.51. The Morgan fingerprint density at radius 1 is 1.38 bits per heavy atom. The maximum absolute atomic E-state index is 4.54. The summed E-state index contributed by atoms with van der Waals surface area (Å²) in [5, 5.41) is 3.43. The third-order valence-corrected chi connectivity index (χ3v) is 2.51. The molecule has 0 saturated carbocycles. The molecule has 16 heavy (non-hydrogen) atoms. The Labute approximate surface area is 98.9 Å². The lowest BCUT2D eigenvalue weighted by Gasteiger charge is -2.23. The molecule has 0 atom stereocenters. The van der Waals surface area contributed by atoms with Crippen molar-refractivity contribution >= 4 is 5.82 Å². The first-order valence-corrected chi connectivity index (χ1v) is 6.05. The molecule has 3 heteroatoms. The summed E-state index contributed by atoms with van der Waals surface area (Å²) in [4.78, 5) is 6.83. The number of anilines is 1. The fraction of sp³-hybridized carbons (Fsp3) is 0.615. The molecule has 0 aliphatic carbocycles. The molecule has 0 bridgehead atoms. The van der Waals surface area contributed by atoms with Gasteiger partial charge in [0.2, 0.25) is 0 Å². The molecule has 0 saturated heterocycles. The minimum absolute atomic E-state index is 0.546. The van der Waals surface area contributed by atoms with E-state index in [1.165, 1.54) is 0 Å². The van der Waals surface area contributed by atoms with Crippen molar-refractivity contribution in [2.24, 2.45) is 0 Å². The van der Waals surface area contributed by atoms with E-state index in [2.05, 4.69) is 48.1 Å². The minimum atomic E-state index is 0.546. The second kappa shape index (κ2) is 6.48. The summed E-state index contributed by atoms with van der Waals surface area (Å²) in [5.41, 5.74) is 1.08. The SMILES string of the molecule is CCN(CCNC(C)C)c1cccc(C)n1. The van der Waals surface area contributed by atoms with Crippen molar-refractivity contribution in [1.82, 2.24) is 10.3 Å². The molecule has 1 aromatic rings. The Hall–Kier alpha value is -1.09. The van der Waals surface area contributed by atoms with Gasteiger partial charge in [-0.15, -0.1) is 0 Å². The molecule has 1 heterocycles. The van der Waals surface area contributed by atoms with Crippen LogP contribution in [0.25, 0.3) is 0 Å². The zero-order valence-corrected chi connectivity index (χ0v) is 10.8. The number of pyridine rings is 1. The third kappa shape index (κ3) is 4.19. The molecule has 0 aliphatic rings. The molecule has 90 valence electrons. The fourth-order valence-corrected chi connectivity index (χ4v) is 1.63. The number of nitrogens with zero attached hydrogens (tertiary/aromatic N) is 2. The summed E-state index contributed by atoms with van der Waals surface area (Å²) in [5.74, 6) is 1.08. The topological polar surface area (TPSA) is 28.2 Å². The van der Waals surface area contributed by atoms with E-state index in [4.69, 9.17) is 0 Å². The van der Waals surface area contributed by atoms with Gasteiger partial charge in [0.25, 0.3) is 0 Å². The van der Waals surface area contributed by atoms with Crippen LogP contribution in [0.4, 0.5) is 5.82 Å². The van der Waals surface area contributed by atoms with Gasteiger partial charge in [-0.25, -0.2) is 4.98 Å². The molecule has 0 unspecified atom stereocenters. The molecule has 0 fully saturated rings. The second-order valence-corrected chi connectivity index (χ2v) is 4.33. The van der Waals surface area contributed by atoms with Crippen molar-refractivity contribution in [3.63, 3.8) is 0 Å². The Morgan fingerprint density at radius 3 is 2.69 bits per heavy atom. The molecule has 0 spiro atoms. The summed E-state index contributed by atoms with van der Waals surface area (Å²) in [6, 6.07) is 6.72. The molecule has 1 aromatic heterocycles. The average molecular weight is 221 g/mol. The summed E-state index contributed by atoms with van der Waals surface area (Å²) in [6.07, 6.45) is 0. The summed E-state index contributed by atoms with van der Waals surface area (Å²) in [7, 11) is 0. The van der Waals surface area contributed by atoms with E-state index in [9.17, 15) is 0 Å². The van der Waals surface area contributed by atoms with Gasteiger partial charge in [-0.3, -0.25) is 0 Å². The van der Waals surface area contributed by atoms with Crippen LogP contribution >= 0.6 is 0 Å². The molecule has 1 rings (SSSR count). The highest BCUT2D eigenvalue weighted by Gasteiger charge is 2.05. The van der Waals surface area contributed by atoms with E-state index in [1.807, 2.05) is 13.0 Å². The fourth-order valence-electron chi connectivity index (χ4n) is 1.63. The van der Waals surface area contributed by atoms with Gasteiger partial charge in [0.1, 0.15) is 5.82 Å². The van der Waals surface area contributed by atoms with Crippen LogP contribution in [0.15, 0.2) is 18.2 Å². The molecule has 0 aliphatic heterocycles. The largest absolute Gasteiger partial charge is 0.356 e. The van der Waals surface area contributed by atoms with Crippen molar-refractivity contribution in [2.45, 2.75) is 33.7 Å². The molecule has 0 aromatic carbocycles. The van der Waals surface area contributed by atoms with Gasteiger partial charge in [-0.1, -0.05) is 19.9 Å². The van der Waals surface area contributed by atoms with Gasteiger partial charge < -0.3 is 10.2 Å². The zero-order chi connectivity index (χ0) is 12.0. The Kier molecular flexibility index (Phi) is 5.26. The lowest BCUT2D eigenvalue weighted by Crippen LogP contribution is -2.35. The van der Waals surface area contributed by atoms with Gasteiger partial charge in [-0.05, 0) is 26.0 Å². The van der Waals surface area contributed by atoms with Gasteiger partial charge in [0.05, 0.1) is 0 Å². The summed E-state index contributed by atoms with van der Waals surface area (Å²) < 4.78 is 0. The van der Waals surface area contributed by atoms with E-state index < -0.39 is 0 Å². The van der Waals surface area contributed by atoms with Crippen molar-refractivity contribution in [2.75, 3.05) is 24.5 Å². The number of hydrogen-bond donors (Lipinski definition) is 1. The van der Waals surface area contributed by atoms with E-state index in [-0.39, 0.29) is 0 Å². The smallest absolute Gasteiger partial charge is 0.128 e. The number of likely N-dealkylation sites (N-methyl/N-ethyl adjacent to an activating group) is 1. The number of hydrogen-bond acceptors (Lipinski definition) is 3. The van der Waals surface area contributed by atoms with Crippen LogP contribution < -0.4 is 10.2 Å². The number of aryl methyl sites for hydroxylation is 1. The van der Waals surface area contributed by atoms with E-state index in [1.54, 1.807) is 0 Å². The monoisotopic (exact) mass is 221 g/mol. The van der Waals surface area contributed by atoms with Crippen LogP contribution in [0.1, 0.15) is 26.5 Å². The Bertz CT molecular complexity index is 310. The molecule has 3 nitrogen and oxygen atoms in total. The Balaban J connectivity index is 2.53. The molecule has 1 N–H and O–H groups in total. The number of rotatable bonds is 6. The van der Waals surface area contributed by atoms with Crippen molar-refractivity contribution in [3.05, 3.63) is 23.9 Å². The zero-order valence-electron chi connectivity index (χ0n) is 10.8. The maximum Gasteiger partial charge on any atom is 0.128 e. The van der Waals surface area contributed by atoms with Crippen LogP contribution in [0.3, 0.4) is 0 Å². The highest BCUT2D eigenvalue weighted by atomic mass is 15.2. The van der Waals surface area contributed by atoms with Crippen LogP contribution in [-0.4, -0.2) is 30.7 Å². The molecule has 0 radical (unpaired) electrons. The van der Waals surface area contributed by atoms with Gasteiger partial charge >= 0.3 is 0 Å². The first-order valence-electron chi connectivity index (χ1n) is 6.05. The summed E-state index contributed by atoms with van der Waals surface area (Å²) >= 11 is 0. The molecular formula is C13H23N3. The minimum Gasteiger partial charge on any atom is -0.356 e. The van der Waals surface area contributed by atoms with Crippen molar-refractivity contribution < 1.29 is 0 Å². The molecule has 0 amide bonds. The number of nitrogens with one attached hydrogen (secondary N) is 1. The normalized spacial score (nSPS) is 10.8. The average Bonchev–Trinajstić information content (AvgIpc) is 2.24. The Morgan fingerprint density at radius 2 is 2.12 bits per heavy atom. The quantitative estimate of drug-likeness (QED) is 0.798. The second-order valence-electron chi connectivity index (χ2n) is 4.33. The first-order chi connectivity index (χ1) is 7.63. The van der Waals surface area contributed by atoms with Crippen molar-refractivity contribution in [3.8, 4) is 0 Å². The van der Waals surface area contributed by atoms with Crippen LogP contribution in [0, 0.1) is 6.92 Å². The highest BCUT2D eigenvalue weighted by Crippen LogP contribution is 2.10. The highest BCUT2D eigenvalue weighted by molar-refractivity contribution is 5.38. The number of aromatic nitrogens is 1. The van der Waals surface area contributed by atoms with E-state index in [0.717, 1.165) is 31.1 Å². The van der Waals surface area contributed by atoms with Crippen LogP contribution in [0.2, 0.25) is 0 Å². The molecular weight excluding hydrogens is 198 g/mol. The van der Waals surface area contributed by atoms with Gasteiger partial charge in [0.15, 0.2) is 0 Å². The maximum atomic E-state index is 4.54. The van der Waals surface area contributed by atoms with Crippen LogP contribution in [0.5, 0.6) is 0 Å². The predicted molar refractivity (Wildman–Crippen MR) is 70.0 cm³/mol. The van der Waals surface area contributed by atoms with Gasteiger partial charge in [-0.2, -0.15) is 0 Å². The lowest BCUT2D eigenvalue weighted by atomic mass is 10.3. The predicted octanol–water partition coefficient (Wildman–Crippen LogP) is 2.21. The standard InChI is InChI=1S/C13H23N3/c1-5-16(10-9-14-11(2)3)13-8-6-7-12(4)15-13/h6-8,11,14H,5,9-10H2,1-4H3. The van der Waals surface area contributed by atoms with E-state index >= 15 is 0 Å². The summed E-state index contributed by atoms with van der Waals surface area (Å²) in [6.45, 7) is 11.5. The van der Waals surface area contributed by atoms with Crippen molar-refractivity contribution in [1.29, 1.82) is 0 Å². The lowest BCUT2D eigenvalue weighted by molar-refractivity contribution is 0.582. The first kappa shape index (κ1) is 13.0.